The van der Waals surface area contributed by atoms with E-state index in [2.05, 4.69) is 4.72 Å². The molecule has 1 saturated carbocycles. The largest absolute Gasteiger partial charge is 0.395 e. The van der Waals surface area contributed by atoms with Crippen molar-refractivity contribution in [2.45, 2.75) is 24.9 Å². The summed E-state index contributed by atoms with van der Waals surface area (Å²) in [6.45, 7) is 0.767. The van der Waals surface area contributed by atoms with Gasteiger partial charge in [-0.05, 0) is 12.8 Å². The van der Waals surface area contributed by atoms with Gasteiger partial charge < -0.3 is 9.84 Å². The lowest BCUT2D eigenvalue weighted by molar-refractivity contribution is 0.0103. The van der Waals surface area contributed by atoms with Crippen molar-refractivity contribution in [1.29, 1.82) is 0 Å². The summed E-state index contributed by atoms with van der Waals surface area (Å²) in [7, 11) is -3.44. The van der Waals surface area contributed by atoms with Gasteiger partial charge in [0.25, 0.3) is 10.2 Å². The molecule has 15 heavy (non-hydrogen) atoms. The highest BCUT2D eigenvalue weighted by Gasteiger charge is 2.36. The predicted molar refractivity (Wildman–Crippen MR) is 53.5 cm³/mol. The van der Waals surface area contributed by atoms with Crippen molar-refractivity contribution in [3.63, 3.8) is 0 Å². The first-order valence-corrected chi connectivity index (χ1v) is 6.55. The molecular weight excluding hydrogens is 220 g/mol. The minimum absolute atomic E-state index is 0.0946. The molecule has 0 spiro atoms. The Labute approximate surface area is 89.4 Å². The van der Waals surface area contributed by atoms with Gasteiger partial charge in [0.1, 0.15) is 0 Å². The summed E-state index contributed by atoms with van der Waals surface area (Å²) in [6, 6.07) is -0.354. The molecule has 2 N–H and O–H groups in total. The second-order valence-electron chi connectivity index (χ2n) is 3.92. The number of hydrogen-bond donors (Lipinski definition) is 2. The summed E-state index contributed by atoms with van der Waals surface area (Å²) in [5.74, 6) is 0. The maximum absolute atomic E-state index is 11.9. The minimum Gasteiger partial charge on any atom is -0.395 e. The molecule has 0 amide bonds. The van der Waals surface area contributed by atoms with Crippen LogP contribution in [-0.2, 0) is 14.9 Å². The number of rotatable bonds is 4. The van der Waals surface area contributed by atoms with E-state index in [1.54, 1.807) is 0 Å². The van der Waals surface area contributed by atoms with Crippen LogP contribution in [0.2, 0.25) is 0 Å². The molecule has 0 aromatic heterocycles. The van der Waals surface area contributed by atoms with Crippen molar-refractivity contribution in [3.05, 3.63) is 0 Å². The minimum atomic E-state index is -3.44. The van der Waals surface area contributed by atoms with Gasteiger partial charge in [0.15, 0.2) is 0 Å². The van der Waals surface area contributed by atoms with E-state index in [1.165, 1.54) is 4.31 Å². The van der Waals surface area contributed by atoms with Crippen LogP contribution in [0.1, 0.15) is 12.8 Å². The van der Waals surface area contributed by atoms with Gasteiger partial charge in [-0.1, -0.05) is 0 Å². The van der Waals surface area contributed by atoms with Crippen LogP contribution in [0.25, 0.3) is 0 Å². The van der Waals surface area contributed by atoms with E-state index >= 15 is 0 Å². The smallest absolute Gasteiger partial charge is 0.280 e. The van der Waals surface area contributed by atoms with Crippen molar-refractivity contribution in [2.24, 2.45) is 0 Å². The molecule has 1 unspecified atom stereocenters. The molecule has 1 heterocycles. The van der Waals surface area contributed by atoms with Gasteiger partial charge in [-0.3, -0.25) is 0 Å². The fraction of sp³-hybridized carbons (Fsp3) is 1.00. The monoisotopic (exact) mass is 236 g/mol. The quantitative estimate of drug-likeness (QED) is 0.634. The molecule has 1 aliphatic carbocycles. The number of nitrogens with one attached hydrogen (secondary N) is 1. The molecule has 2 aliphatic rings. The number of ether oxygens (including phenoxy) is 1. The third-order valence-electron chi connectivity index (χ3n) is 2.59. The summed E-state index contributed by atoms with van der Waals surface area (Å²) >= 11 is 0. The first kappa shape index (κ1) is 11.3. The van der Waals surface area contributed by atoms with Gasteiger partial charge in [-0.15, -0.1) is 0 Å². The second kappa shape index (κ2) is 4.34. The van der Waals surface area contributed by atoms with Gasteiger partial charge in [0, 0.05) is 12.6 Å². The fourth-order valence-corrected chi connectivity index (χ4v) is 3.21. The van der Waals surface area contributed by atoms with Crippen molar-refractivity contribution >= 4 is 10.2 Å². The average Bonchev–Trinajstić information content (AvgIpc) is 3.01. The Morgan fingerprint density at radius 2 is 2.20 bits per heavy atom. The van der Waals surface area contributed by atoms with Crippen LogP contribution < -0.4 is 4.72 Å². The first-order chi connectivity index (χ1) is 7.13. The van der Waals surface area contributed by atoms with E-state index < -0.39 is 16.3 Å². The molecule has 0 aromatic carbocycles. The van der Waals surface area contributed by atoms with E-state index in [9.17, 15) is 8.42 Å². The van der Waals surface area contributed by atoms with Gasteiger partial charge in [0.05, 0.1) is 25.9 Å². The van der Waals surface area contributed by atoms with Gasteiger partial charge in [-0.25, -0.2) is 0 Å². The van der Waals surface area contributed by atoms with Gasteiger partial charge in [-0.2, -0.15) is 17.4 Å². The van der Waals surface area contributed by atoms with E-state index in [4.69, 9.17) is 9.84 Å². The van der Waals surface area contributed by atoms with Crippen molar-refractivity contribution in [2.75, 3.05) is 26.4 Å². The lowest BCUT2D eigenvalue weighted by atomic mass is 10.3. The van der Waals surface area contributed by atoms with E-state index in [0.29, 0.717) is 13.2 Å². The second-order valence-corrected chi connectivity index (χ2v) is 5.57. The van der Waals surface area contributed by atoms with E-state index in [1.807, 2.05) is 0 Å². The summed E-state index contributed by atoms with van der Waals surface area (Å²) in [4.78, 5) is 0. The Bertz CT molecular complexity index is 315. The highest BCUT2D eigenvalue weighted by molar-refractivity contribution is 7.87. The van der Waals surface area contributed by atoms with Crippen LogP contribution in [0.4, 0.5) is 0 Å². The molecule has 1 atom stereocenters. The lowest BCUT2D eigenvalue weighted by Crippen LogP contribution is -2.54. The molecule has 0 bridgehead atoms. The molecule has 1 aliphatic heterocycles. The summed E-state index contributed by atoms with van der Waals surface area (Å²) in [5.41, 5.74) is 0. The van der Waals surface area contributed by atoms with Crippen molar-refractivity contribution in [3.8, 4) is 0 Å². The highest BCUT2D eigenvalue weighted by Crippen LogP contribution is 2.21. The van der Waals surface area contributed by atoms with Crippen LogP contribution >= 0.6 is 0 Å². The molecule has 6 nitrogen and oxygen atoms in total. The summed E-state index contributed by atoms with van der Waals surface area (Å²) < 4.78 is 32.7. The molecule has 2 fully saturated rings. The van der Waals surface area contributed by atoms with E-state index in [-0.39, 0.29) is 19.3 Å². The van der Waals surface area contributed by atoms with Crippen LogP contribution in [0.15, 0.2) is 0 Å². The maximum Gasteiger partial charge on any atom is 0.280 e. The van der Waals surface area contributed by atoms with Crippen molar-refractivity contribution in [1.82, 2.24) is 9.03 Å². The van der Waals surface area contributed by atoms with Gasteiger partial charge >= 0.3 is 0 Å². The topological polar surface area (TPSA) is 78.9 Å². The summed E-state index contributed by atoms with van der Waals surface area (Å²) in [6.07, 6.45) is 1.82. The van der Waals surface area contributed by atoms with Crippen LogP contribution in [0.3, 0.4) is 0 Å². The third kappa shape index (κ3) is 2.67. The predicted octanol–water partition coefficient (Wildman–Crippen LogP) is -1.32. The zero-order valence-electron chi connectivity index (χ0n) is 8.42. The number of morpholine rings is 1. The number of nitrogens with zero attached hydrogens (tertiary/aromatic N) is 1. The SMILES string of the molecule is O=S(=O)(NC1CC1)N1CCOCC1CO. The third-order valence-corrected chi connectivity index (χ3v) is 4.32. The first-order valence-electron chi connectivity index (χ1n) is 5.11. The Hall–Kier alpha value is -0.210. The molecular formula is C8H16N2O4S. The summed E-state index contributed by atoms with van der Waals surface area (Å²) in [5, 5.41) is 9.06. The van der Waals surface area contributed by atoms with Crippen LogP contribution in [0.5, 0.6) is 0 Å². The standard InChI is InChI=1S/C8H16N2O4S/c11-5-8-6-14-4-3-10(8)15(12,13)9-7-1-2-7/h7-9,11H,1-6H2. The zero-order valence-corrected chi connectivity index (χ0v) is 9.24. The molecule has 0 radical (unpaired) electrons. The Morgan fingerprint density at radius 1 is 1.47 bits per heavy atom. The van der Waals surface area contributed by atoms with E-state index in [0.717, 1.165) is 12.8 Å². The highest BCUT2D eigenvalue weighted by atomic mass is 32.2. The molecule has 7 heteroatoms. The van der Waals surface area contributed by atoms with Gasteiger partial charge in [0.2, 0.25) is 0 Å². The molecule has 1 saturated heterocycles. The molecule has 88 valence electrons. The Morgan fingerprint density at radius 3 is 2.80 bits per heavy atom. The number of aliphatic hydroxyl groups is 1. The number of aliphatic hydroxyl groups excluding tert-OH is 1. The average molecular weight is 236 g/mol. The fourth-order valence-electron chi connectivity index (χ4n) is 1.58. The Kier molecular flexibility index (Phi) is 3.27. The van der Waals surface area contributed by atoms with Crippen LogP contribution in [0, 0.1) is 0 Å². The Balaban J connectivity index is 2.04. The molecule has 0 aromatic rings. The van der Waals surface area contributed by atoms with Crippen LogP contribution in [-0.4, -0.2) is 56.3 Å². The normalized spacial score (nSPS) is 29.3. The van der Waals surface area contributed by atoms with Crippen molar-refractivity contribution < 1.29 is 18.3 Å². The lowest BCUT2D eigenvalue weighted by Gasteiger charge is -2.33. The number of hydrogen-bond acceptors (Lipinski definition) is 4. The zero-order chi connectivity index (χ0) is 10.9. The molecule has 2 rings (SSSR count). The maximum atomic E-state index is 11.9.